The van der Waals surface area contributed by atoms with Crippen LogP contribution in [0.4, 0.5) is 5.69 Å². The second-order valence-electron chi connectivity index (χ2n) is 8.68. The molecule has 2 aliphatic rings. The van der Waals surface area contributed by atoms with Gasteiger partial charge in [0.05, 0.1) is 26.4 Å². The van der Waals surface area contributed by atoms with Crippen LogP contribution in [0.25, 0.3) is 0 Å². The first kappa shape index (κ1) is 26.5. The van der Waals surface area contributed by atoms with Crippen molar-refractivity contribution in [2.24, 2.45) is 4.99 Å². The Hall–Kier alpha value is -1.79. The highest BCUT2D eigenvalue weighted by molar-refractivity contribution is 14.0. The van der Waals surface area contributed by atoms with Crippen LogP contribution < -0.4 is 25.4 Å². The van der Waals surface area contributed by atoms with Crippen LogP contribution in [0.2, 0.25) is 0 Å². The highest BCUT2D eigenvalue weighted by Crippen LogP contribution is 2.32. The van der Waals surface area contributed by atoms with Crippen LogP contribution in [0.5, 0.6) is 11.5 Å². The van der Waals surface area contributed by atoms with Gasteiger partial charge in [0.2, 0.25) is 5.91 Å². The minimum absolute atomic E-state index is 0. The topological polar surface area (TPSA) is 96.5 Å². The number of hydrogen-bond acceptors (Lipinski definition) is 6. The smallest absolute Gasteiger partial charge is 0.242 e. The van der Waals surface area contributed by atoms with E-state index in [-0.39, 0.29) is 42.0 Å². The summed E-state index contributed by atoms with van der Waals surface area (Å²) >= 11 is 0. The van der Waals surface area contributed by atoms with E-state index in [1.165, 1.54) is 0 Å². The maximum absolute atomic E-state index is 12.2. The van der Waals surface area contributed by atoms with Gasteiger partial charge in [-0.05, 0) is 32.9 Å². The van der Waals surface area contributed by atoms with Crippen LogP contribution in [-0.4, -0.2) is 81.5 Å². The Labute approximate surface area is 207 Å². The quantitative estimate of drug-likeness (QED) is 0.278. The summed E-state index contributed by atoms with van der Waals surface area (Å²) in [5, 5.41) is 9.55. The molecule has 0 atom stereocenters. The van der Waals surface area contributed by atoms with E-state index in [1.54, 1.807) is 0 Å². The molecule has 0 unspecified atom stereocenters. The van der Waals surface area contributed by atoms with Crippen molar-refractivity contribution in [3.63, 3.8) is 0 Å². The first-order valence-electron chi connectivity index (χ1n) is 11.0. The molecular formula is C22H36IN5O4. The number of amides is 1. The Balaban J connectivity index is 0.00000363. The molecule has 0 spiro atoms. The van der Waals surface area contributed by atoms with Crippen molar-refractivity contribution in [1.29, 1.82) is 0 Å². The van der Waals surface area contributed by atoms with E-state index in [9.17, 15) is 4.79 Å². The standard InChI is InChI=1S/C22H35N5O4.HI/c1-22(2,3)26-20(28)16-24-21(23-7-8-27-9-13-29-14-10-27)25-17-5-6-18-19(15-17)31-12-4-11-30-18;/h5-6,15H,4,7-14,16H2,1-3H3,(H,26,28)(H2,23,24,25);1H. The fourth-order valence-corrected chi connectivity index (χ4v) is 3.28. The number of carbonyl (C=O) groups excluding carboxylic acids is 1. The van der Waals surface area contributed by atoms with Gasteiger partial charge in [0.1, 0.15) is 6.54 Å². The van der Waals surface area contributed by atoms with Crippen LogP contribution in [0.1, 0.15) is 27.2 Å². The minimum Gasteiger partial charge on any atom is -0.490 e. The summed E-state index contributed by atoms with van der Waals surface area (Å²) in [7, 11) is 0. The number of carbonyl (C=O) groups is 1. The molecule has 0 aromatic heterocycles. The number of rotatable bonds is 6. The average molecular weight is 561 g/mol. The van der Waals surface area contributed by atoms with Gasteiger partial charge in [-0.25, -0.2) is 4.99 Å². The van der Waals surface area contributed by atoms with Gasteiger partial charge in [0.25, 0.3) is 0 Å². The largest absolute Gasteiger partial charge is 0.490 e. The van der Waals surface area contributed by atoms with Crippen molar-refractivity contribution < 1.29 is 19.0 Å². The number of fused-ring (bicyclic) bond motifs is 1. The maximum atomic E-state index is 12.2. The lowest BCUT2D eigenvalue weighted by molar-refractivity contribution is -0.121. The molecule has 3 N–H and O–H groups in total. The zero-order valence-electron chi connectivity index (χ0n) is 19.2. The molecule has 180 valence electrons. The van der Waals surface area contributed by atoms with Gasteiger partial charge < -0.3 is 30.2 Å². The SMILES string of the molecule is CC(C)(C)NC(=O)CN=C(NCCN1CCOCC1)Nc1ccc2c(c1)OCCCO2.I. The number of nitrogens with zero attached hydrogens (tertiary/aromatic N) is 2. The van der Waals surface area contributed by atoms with Crippen LogP contribution in [0.3, 0.4) is 0 Å². The molecule has 1 amide bonds. The first-order valence-corrected chi connectivity index (χ1v) is 11.0. The molecule has 1 aromatic rings. The van der Waals surface area contributed by atoms with Crippen LogP contribution in [0.15, 0.2) is 23.2 Å². The molecule has 3 rings (SSSR count). The van der Waals surface area contributed by atoms with Gasteiger partial charge in [-0.3, -0.25) is 9.69 Å². The predicted molar refractivity (Wildman–Crippen MR) is 137 cm³/mol. The van der Waals surface area contributed by atoms with E-state index < -0.39 is 0 Å². The molecule has 0 saturated carbocycles. The zero-order chi connectivity index (χ0) is 22.1. The van der Waals surface area contributed by atoms with Gasteiger partial charge >= 0.3 is 0 Å². The van der Waals surface area contributed by atoms with Crippen LogP contribution >= 0.6 is 24.0 Å². The summed E-state index contributed by atoms with van der Waals surface area (Å²) in [6, 6.07) is 5.71. The highest BCUT2D eigenvalue weighted by Gasteiger charge is 2.15. The number of anilines is 1. The molecule has 2 aliphatic heterocycles. The van der Waals surface area contributed by atoms with Gasteiger partial charge in [-0.1, -0.05) is 0 Å². The Bertz CT molecular complexity index is 763. The number of nitrogens with one attached hydrogen (secondary N) is 3. The molecule has 0 bridgehead atoms. The van der Waals surface area contributed by atoms with E-state index in [1.807, 2.05) is 39.0 Å². The maximum Gasteiger partial charge on any atom is 0.242 e. The number of ether oxygens (including phenoxy) is 3. The van der Waals surface area contributed by atoms with E-state index in [0.717, 1.165) is 50.7 Å². The molecule has 9 nitrogen and oxygen atoms in total. The lowest BCUT2D eigenvalue weighted by atomic mass is 10.1. The number of halogens is 1. The molecule has 1 fully saturated rings. The second kappa shape index (κ2) is 13.0. The normalized spacial score (nSPS) is 17.0. The van der Waals surface area contributed by atoms with E-state index in [2.05, 4.69) is 25.8 Å². The number of guanidine groups is 1. The summed E-state index contributed by atoms with van der Waals surface area (Å²) in [5.41, 5.74) is 0.524. The minimum atomic E-state index is -0.293. The van der Waals surface area contributed by atoms with Crippen LogP contribution in [-0.2, 0) is 9.53 Å². The van der Waals surface area contributed by atoms with Crippen molar-refractivity contribution >= 4 is 41.5 Å². The van der Waals surface area contributed by atoms with E-state index in [4.69, 9.17) is 14.2 Å². The summed E-state index contributed by atoms with van der Waals surface area (Å²) < 4.78 is 16.9. The molecule has 32 heavy (non-hydrogen) atoms. The molecule has 1 aromatic carbocycles. The molecule has 1 saturated heterocycles. The second-order valence-corrected chi connectivity index (χ2v) is 8.68. The van der Waals surface area contributed by atoms with Crippen LogP contribution in [0, 0.1) is 0 Å². The number of benzene rings is 1. The van der Waals surface area contributed by atoms with Crippen molar-refractivity contribution in [3.05, 3.63) is 18.2 Å². The molecule has 10 heteroatoms. The van der Waals surface area contributed by atoms with E-state index >= 15 is 0 Å². The van der Waals surface area contributed by atoms with Crippen molar-refractivity contribution in [1.82, 2.24) is 15.5 Å². The third-order valence-electron chi connectivity index (χ3n) is 4.73. The Morgan fingerprint density at radius 1 is 1.09 bits per heavy atom. The fraction of sp³-hybridized carbons (Fsp3) is 0.636. The highest BCUT2D eigenvalue weighted by atomic mass is 127. The van der Waals surface area contributed by atoms with Crippen molar-refractivity contribution in [3.8, 4) is 11.5 Å². The lowest BCUT2D eigenvalue weighted by Crippen LogP contribution is -2.44. The number of aliphatic imine (C=N–C) groups is 1. The first-order chi connectivity index (χ1) is 14.9. The summed E-state index contributed by atoms with van der Waals surface area (Å²) in [6.07, 6.45) is 0.857. The third-order valence-corrected chi connectivity index (χ3v) is 4.73. The zero-order valence-corrected chi connectivity index (χ0v) is 21.6. The Kier molecular flexibility index (Phi) is 10.8. The van der Waals surface area contributed by atoms with Gasteiger partial charge in [-0.2, -0.15) is 0 Å². The summed E-state index contributed by atoms with van der Waals surface area (Å²) in [6.45, 7) is 12.1. The molecule has 2 heterocycles. The lowest BCUT2D eigenvalue weighted by Gasteiger charge is -2.26. The third kappa shape index (κ3) is 9.37. The Morgan fingerprint density at radius 3 is 2.53 bits per heavy atom. The molecule has 0 aliphatic carbocycles. The predicted octanol–water partition coefficient (Wildman–Crippen LogP) is 2.07. The summed E-state index contributed by atoms with van der Waals surface area (Å²) in [5.74, 6) is 1.87. The number of morpholine rings is 1. The number of hydrogen-bond donors (Lipinski definition) is 3. The van der Waals surface area contributed by atoms with Crippen molar-refractivity contribution in [2.75, 3.05) is 64.5 Å². The average Bonchev–Trinajstić information content (AvgIpc) is 2.96. The van der Waals surface area contributed by atoms with Gasteiger partial charge in [0, 0.05) is 49.9 Å². The Morgan fingerprint density at radius 2 is 1.81 bits per heavy atom. The monoisotopic (exact) mass is 561 g/mol. The van der Waals surface area contributed by atoms with Crippen molar-refractivity contribution in [2.45, 2.75) is 32.7 Å². The van der Waals surface area contributed by atoms with E-state index in [0.29, 0.717) is 31.5 Å². The van der Waals surface area contributed by atoms with Gasteiger partial charge in [-0.15, -0.1) is 24.0 Å². The fourth-order valence-electron chi connectivity index (χ4n) is 3.28. The molecular weight excluding hydrogens is 525 g/mol. The summed E-state index contributed by atoms with van der Waals surface area (Å²) in [4.78, 5) is 19.1. The molecule has 0 radical (unpaired) electrons. The van der Waals surface area contributed by atoms with Gasteiger partial charge in [0.15, 0.2) is 17.5 Å².